The van der Waals surface area contributed by atoms with E-state index in [0.29, 0.717) is 0 Å². The van der Waals surface area contributed by atoms with Crippen LogP contribution < -0.4 is 51.1 Å². The molecule has 5 heteroatoms. The van der Waals surface area contributed by atoms with Crippen molar-refractivity contribution in [3.05, 3.63) is 115 Å². The number of hydrogen-bond donors (Lipinski definition) is 0. The third-order valence-corrected chi connectivity index (χ3v) is 4.38. The molecule has 0 saturated heterocycles. The summed E-state index contributed by atoms with van der Waals surface area (Å²) in [5, 5.41) is 0. The fraction of sp³-hybridized carbons (Fsp3) is 0.208. The molecule has 2 nitrogen and oxygen atoms in total. The number of rotatable bonds is 4. The molecular formula is C24H28BBrN2Na. The van der Waals surface area contributed by atoms with E-state index in [1.807, 2.05) is 24.3 Å². The Labute approximate surface area is 211 Å². The maximum Gasteiger partial charge on any atom is 1.00 e. The Morgan fingerprint density at radius 3 is 1.86 bits per heavy atom. The minimum atomic E-state index is 0. The Bertz CT molecular complexity index is 755. The zero-order valence-corrected chi connectivity index (χ0v) is 20.8. The summed E-state index contributed by atoms with van der Waals surface area (Å²) in [5.41, 5.74) is 2.75. The van der Waals surface area contributed by atoms with Crippen LogP contribution in [0.5, 0.6) is 0 Å². The van der Waals surface area contributed by atoms with Gasteiger partial charge in [0.1, 0.15) is 0 Å². The van der Waals surface area contributed by atoms with Gasteiger partial charge in [-0.1, -0.05) is 78.9 Å². The first-order valence-corrected chi connectivity index (χ1v) is 9.29. The Morgan fingerprint density at radius 1 is 0.759 bits per heavy atom. The zero-order valence-electron chi connectivity index (χ0n) is 18.2. The van der Waals surface area contributed by atoms with Gasteiger partial charge in [0.05, 0.1) is 0 Å². The molecule has 0 saturated carbocycles. The van der Waals surface area contributed by atoms with E-state index in [9.17, 15) is 0 Å². The molecule has 1 aromatic heterocycles. The van der Waals surface area contributed by atoms with Crippen LogP contribution in [0.2, 0.25) is 0 Å². The molecule has 2 heterocycles. The Hall–Kier alpha value is -1.17. The summed E-state index contributed by atoms with van der Waals surface area (Å²) in [6, 6.07) is 27.2. The molecule has 0 amide bonds. The van der Waals surface area contributed by atoms with E-state index >= 15 is 0 Å². The van der Waals surface area contributed by atoms with E-state index in [4.69, 9.17) is 0 Å². The Balaban J connectivity index is 0. The third-order valence-electron chi connectivity index (χ3n) is 4.38. The van der Waals surface area contributed by atoms with Gasteiger partial charge in [0.2, 0.25) is 0 Å². The second kappa shape index (κ2) is 16.6. The van der Waals surface area contributed by atoms with Crippen molar-refractivity contribution in [3.8, 4) is 0 Å². The molecule has 0 aliphatic carbocycles. The molecule has 2 aromatic carbocycles. The van der Waals surface area contributed by atoms with E-state index in [2.05, 4.69) is 88.6 Å². The van der Waals surface area contributed by atoms with Crippen molar-refractivity contribution in [1.82, 2.24) is 4.90 Å². The molecule has 0 spiro atoms. The van der Waals surface area contributed by atoms with Gasteiger partial charge in [-0.3, -0.25) is 4.90 Å². The first kappa shape index (κ1) is 27.8. The smallest absolute Gasteiger partial charge is 1.00 e. The van der Waals surface area contributed by atoms with Gasteiger partial charge in [-0.05, 0) is 12.0 Å². The molecule has 1 aliphatic heterocycles. The third kappa shape index (κ3) is 11.0. The Kier molecular flexibility index (Phi) is 15.9. The van der Waals surface area contributed by atoms with Crippen molar-refractivity contribution < 1.29 is 52.5 Å². The normalized spacial score (nSPS) is 12.3. The molecule has 3 radical (unpaired) electrons. The van der Waals surface area contributed by atoms with E-state index in [0.717, 1.165) is 19.6 Å². The number of aromatic nitrogens is 1. The van der Waals surface area contributed by atoms with Crippen LogP contribution in [0.4, 0.5) is 0 Å². The quantitative estimate of drug-likeness (QED) is 0.255. The molecule has 29 heavy (non-hydrogen) atoms. The fourth-order valence-corrected chi connectivity index (χ4v) is 3.01. The van der Waals surface area contributed by atoms with E-state index in [1.165, 1.54) is 24.1 Å². The van der Waals surface area contributed by atoms with Crippen LogP contribution >= 0.6 is 0 Å². The van der Waals surface area contributed by atoms with Gasteiger partial charge < -0.3 is 18.4 Å². The van der Waals surface area contributed by atoms with Gasteiger partial charge in [-0.15, -0.1) is 0 Å². The Morgan fingerprint density at radius 2 is 1.31 bits per heavy atom. The van der Waals surface area contributed by atoms with Gasteiger partial charge in [-0.2, -0.15) is 0 Å². The summed E-state index contributed by atoms with van der Waals surface area (Å²) in [4.78, 5) is 2.47. The number of hydrogen-bond acceptors (Lipinski definition) is 1. The predicted octanol–water partition coefficient (Wildman–Crippen LogP) is -1.79. The van der Waals surface area contributed by atoms with E-state index < -0.39 is 0 Å². The number of pyridine rings is 1. The van der Waals surface area contributed by atoms with Crippen LogP contribution in [0, 0.1) is 0 Å². The minimum Gasteiger partial charge on any atom is -1.00 e. The van der Waals surface area contributed by atoms with Gasteiger partial charge >= 0.3 is 29.6 Å². The predicted molar refractivity (Wildman–Crippen MR) is 115 cm³/mol. The molecule has 0 unspecified atom stereocenters. The summed E-state index contributed by atoms with van der Waals surface area (Å²) >= 11 is 0. The van der Waals surface area contributed by atoms with Crippen LogP contribution in [-0.4, -0.2) is 26.4 Å². The zero-order chi connectivity index (χ0) is 17.9. The number of benzene rings is 2. The molecule has 3 aromatic rings. The monoisotopic (exact) mass is 457 g/mol. The second-order valence-electron chi connectivity index (χ2n) is 6.51. The first-order valence-electron chi connectivity index (χ1n) is 9.29. The van der Waals surface area contributed by atoms with E-state index in [-0.39, 0.29) is 56.4 Å². The molecule has 0 bridgehead atoms. The summed E-state index contributed by atoms with van der Waals surface area (Å²) in [7, 11) is 0. The fourth-order valence-electron chi connectivity index (χ4n) is 3.01. The maximum absolute atomic E-state index is 2.47. The standard InChI is InChI=1S/C12H15N.C12H12N.B.BrH.Na.H/c2*1-3-7-12(8-4-1)11-13-9-5-2-6-10-13;;;;/h1-5,7-8H,6,9-11H2;1-10H,11H2;;1H;;/q;+1;;;+1;-1/p-1. The number of halogens is 1. The summed E-state index contributed by atoms with van der Waals surface area (Å²) < 4.78 is 2.16. The molecule has 145 valence electrons. The second-order valence-corrected chi connectivity index (χ2v) is 6.51. The van der Waals surface area contributed by atoms with Crippen molar-refractivity contribution in [2.45, 2.75) is 19.5 Å². The summed E-state index contributed by atoms with van der Waals surface area (Å²) in [5.74, 6) is 0. The molecule has 4 rings (SSSR count). The van der Waals surface area contributed by atoms with Crippen molar-refractivity contribution >= 4 is 8.41 Å². The first-order chi connectivity index (χ1) is 12.9. The van der Waals surface area contributed by atoms with Crippen molar-refractivity contribution in [1.29, 1.82) is 0 Å². The van der Waals surface area contributed by atoms with Crippen molar-refractivity contribution in [3.63, 3.8) is 0 Å². The van der Waals surface area contributed by atoms with Crippen LogP contribution in [0.3, 0.4) is 0 Å². The van der Waals surface area contributed by atoms with Gasteiger partial charge in [0.15, 0.2) is 18.9 Å². The molecular weight excluding hydrogens is 430 g/mol. The molecule has 0 atom stereocenters. The topological polar surface area (TPSA) is 7.12 Å². The number of nitrogens with zero attached hydrogens (tertiary/aromatic N) is 2. The minimum absolute atomic E-state index is 0. The van der Waals surface area contributed by atoms with Crippen LogP contribution in [0.1, 0.15) is 19.0 Å². The molecule has 1 aliphatic rings. The molecule has 0 N–H and O–H groups in total. The van der Waals surface area contributed by atoms with Crippen molar-refractivity contribution in [2.75, 3.05) is 13.1 Å². The van der Waals surface area contributed by atoms with Gasteiger partial charge in [-0.25, -0.2) is 4.57 Å². The van der Waals surface area contributed by atoms with Crippen LogP contribution in [0.15, 0.2) is 103 Å². The average molecular weight is 458 g/mol. The summed E-state index contributed by atoms with van der Waals surface area (Å²) in [6.45, 7) is 4.34. The maximum atomic E-state index is 2.47. The van der Waals surface area contributed by atoms with Crippen molar-refractivity contribution in [2.24, 2.45) is 0 Å². The van der Waals surface area contributed by atoms with Gasteiger partial charge in [0, 0.05) is 45.7 Å². The molecule has 0 fully saturated rings. The van der Waals surface area contributed by atoms with Crippen LogP contribution in [0.25, 0.3) is 0 Å². The largest absolute Gasteiger partial charge is 1.00 e. The summed E-state index contributed by atoms with van der Waals surface area (Å²) in [6.07, 6.45) is 9.88. The van der Waals surface area contributed by atoms with Gasteiger partial charge in [0.25, 0.3) is 0 Å². The SMILES string of the molecule is C1=CCN(Cc2ccccc2)CC1.[B].[Br-].[H-].[Na+].c1ccc(C[n+]2ccccc2)cc1. The van der Waals surface area contributed by atoms with E-state index in [1.54, 1.807) is 0 Å². The average Bonchev–Trinajstić information content (AvgIpc) is 2.72. The van der Waals surface area contributed by atoms with Crippen LogP contribution in [-0.2, 0) is 13.1 Å².